The maximum atomic E-state index is 13.0. The van der Waals surface area contributed by atoms with E-state index < -0.39 is 10.0 Å². The van der Waals surface area contributed by atoms with Crippen molar-refractivity contribution in [3.8, 4) is 0 Å². The van der Waals surface area contributed by atoms with Crippen molar-refractivity contribution in [1.29, 1.82) is 0 Å². The topological polar surface area (TPSA) is 80.2 Å². The van der Waals surface area contributed by atoms with Crippen LogP contribution in [0.3, 0.4) is 0 Å². The Balaban J connectivity index is 1.37. The van der Waals surface area contributed by atoms with Gasteiger partial charge in [0, 0.05) is 37.7 Å². The highest BCUT2D eigenvalue weighted by atomic mass is 32.2. The molecule has 29 heavy (non-hydrogen) atoms. The second kappa shape index (κ2) is 8.52. The van der Waals surface area contributed by atoms with Gasteiger partial charge in [-0.1, -0.05) is 17.7 Å². The van der Waals surface area contributed by atoms with E-state index in [4.69, 9.17) is 4.74 Å². The molecule has 3 aromatic rings. The molecule has 7 nitrogen and oxygen atoms in total. The lowest BCUT2D eigenvalue weighted by Crippen LogP contribution is -2.37. The third-order valence-corrected chi connectivity index (χ3v) is 7.05. The standard InChI is InChI=1S/C21H26N4O3S/c1-17-4-6-21(7-5-17)29(26,27)25-10-2-3-19(25)14-24-11-8-20(9-12-24)28-15-18-13-22-16-23-18/h2-7,10,13,16,20H,8-9,11-12,14-15H2,1H3,(H,22,23). The van der Waals surface area contributed by atoms with Crippen LogP contribution >= 0.6 is 0 Å². The number of H-pyrrole nitrogens is 1. The number of benzene rings is 1. The zero-order valence-electron chi connectivity index (χ0n) is 16.5. The molecule has 0 radical (unpaired) electrons. The van der Waals surface area contributed by atoms with Crippen molar-refractivity contribution in [1.82, 2.24) is 18.8 Å². The third-order valence-electron chi connectivity index (χ3n) is 5.31. The Hall–Kier alpha value is -2.42. The highest BCUT2D eigenvalue weighted by Crippen LogP contribution is 2.21. The van der Waals surface area contributed by atoms with Crippen molar-refractivity contribution < 1.29 is 13.2 Å². The Morgan fingerprint density at radius 3 is 2.62 bits per heavy atom. The molecule has 8 heteroatoms. The highest BCUT2D eigenvalue weighted by molar-refractivity contribution is 7.90. The molecule has 1 fully saturated rings. The van der Waals surface area contributed by atoms with Gasteiger partial charge in [0.05, 0.1) is 29.6 Å². The SMILES string of the molecule is Cc1ccc(S(=O)(=O)n2cccc2CN2CCC(OCc3c[nH]cn3)CC2)cc1. The first kappa shape index (κ1) is 19.9. The first-order valence-electron chi connectivity index (χ1n) is 9.82. The summed E-state index contributed by atoms with van der Waals surface area (Å²) < 4.78 is 33.4. The molecule has 1 saturated heterocycles. The fourth-order valence-electron chi connectivity index (χ4n) is 3.62. The molecule has 1 aromatic carbocycles. The van der Waals surface area contributed by atoms with E-state index in [-0.39, 0.29) is 6.10 Å². The maximum Gasteiger partial charge on any atom is 0.267 e. The summed E-state index contributed by atoms with van der Waals surface area (Å²) in [5.41, 5.74) is 2.72. The summed E-state index contributed by atoms with van der Waals surface area (Å²) in [7, 11) is -3.58. The molecule has 0 spiro atoms. The second-order valence-electron chi connectivity index (χ2n) is 7.46. The smallest absolute Gasteiger partial charge is 0.267 e. The van der Waals surface area contributed by atoms with Crippen molar-refractivity contribution >= 4 is 10.0 Å². The molecule has 1 aliphatic heterocycles. The summed E-state index contributed by atoms with van der Waals surface area (Å²) in [5.74, 6) is 0. The number of aryl methyl sites for hydroxylation is 1. The lowest BCUT2D eigenvalue weighted by atomic mass is 10.1. The number of hydrogen-bond donors (Lipinski definition) is 1. The molecule has 1 aliphatic rings. The summed E-state index contributed by atoms with van der Waals surface area (Å²) in [6.45, 7) is 4.82. The zero-order valence-corrected chi connectivity index (χ0v) is 17.3. The van der Waals surface area contributed by atoms with Crippen LogP contribution in [0.4, 0.5) is 0 Å². The summed E-state index contributed by atoms with van der Waals surface area (Å²) >= 11 is 0. The van der Waals surface area contributed by atoms with Gasteiger partial charge in [0.25, 0.3) is 10.0 Å². The summed E-state index contributed by atoms with van der Waals surface area (Å²) in [5, 5.41) is 0. The first-order chi connectivity index (χ1) is 14.0. The molecule has 154 valence electrons. The van der Waals surface area contributed by atoms with Gasteiger partial charge in [-0.3, -0.25) is 4.90 Å². The van der Waals surface area contributed by atoms with Crippen LogP contribution in [-0.2, 0) is 27.9 Å². The number of nitrogens with one attached hydrogen (secondary N) is 1. The normalized spacial score (nSPS) is 16.3. The van der Waals surface area contributed by atoms with E-state index in [2.05, 4.69) is 14.9 Å². The van der Waals surface area contributed by atoms with Crippen LogP contribution in [0.25, 0.3) is 0 Å². The van der Waals surface area contributed by atoms with Crippen LogP contribution in [0.15, 0.2) is 60.0 Å². The highest BCUT2D eigenvalue weighted by Gasteiger charge is 2.23. The Kier molecular flexibility index (Phi) is 5.84. The van der Waals surface area contributed by atoms with E-state index >= 15 is 0 Å². The molecular weight excluding hydrogens is 388 g/mol. The van der Waals surface area contributed by atoms with Crippen LogP contribution in [0, 0.1) is 6.92 Å². The van der Waals surface area contributed by atoms with Gasteiger partial charge in [-0.05, 0) is 44.0 Å². The fraction of sp³-hybridized carbons (Fsp3) is 0.381. The number of ether oxygens (including phenoxy) is 1. The minimum atomic E-state index is -3.58. The lowest BCUT2D eigenvalue weighted by Gasteiger charge is -2.31. The summed E-state index contributed by atoms with van der Waals surface area (Å²) in [4.78, 5) is 9.70. The Labute approximate surface area is 171 Å². The van der Waals surface area contributed by atoms with Gasteiger partial charge in [-0.25, -0.2) is 17.4 Å². The fourth-order valence-corrected chi connectivity index (χ4v) is 4.98. The molecule has 0 atom stereocenters. The molecule has 0 aliphatic carbocycles. The molecule has 4 rings (SSSR count). The van der Waals surface area contributed by atoms with E-state index in [1.165, 1.54) is 3.97 Å². The quantitative estimate of drug-likeness (QED) is 0.643. The number of rotatable bonds is 7. The monoisotopic (exact) mass is 414 g/mol. The van der Waals surface area contributed by atoms with Gasteiger partial charge < -0.3 is 9.72 Å². The van der Waals surface area contributed by atoms with Crippen molar-refractivity contribution in [3.63, 3.8) is 0 Å². The molecule has 2 aromatic heterocycles. The van der Waals surface area contributed by atoms with Gasteiger partial charge in [0.1, 0.15) is 0 Å². The summed E-state index contributed by atoms with van der Waals surface area (Å²) in [6.07, 6.45) is 7.19. The van der Waals surface area contributed by atoms with Crippen LogP contribution in [0.5, 0.6) is 0 Å². The van der Waals surface area contributed by atoms with Crippen molar-refractivity contribution in [2.75, 3.05) is 13.1 Å². The number of aromatic amines is 1. The van der Waals surface area contributed by atoms with Crippen LogP contribution in [0.1, 0.15) is 29.8 Å². The third kappa shape index (κ3) is 4.60. The van der Waals surface area contributed by atoms with Gasteiger partial charge in [0.15, 0.2) is 0 Å². The molecule has 0 amide bonds. The number of hydrogen-bond acceptors (Lipinski definition) is 5. The van der Waals surface area contributed by atoms with Crippen LogP contribution in [0.2, 0.25) is 0 Å². The van der Waals surface area contributed by atoms with Crippen LogP contribution in [-0.4, -0.2) is 46.5 Å². The Morgan fingerprint density at radius 1 is 1.17 bits per heavy atom. The summed E-state index contributed by atoms with van der Waals surface area (Å²) in [6, 6.07) is 10.6. The van der Waals surface area contributed by atoms with Crippen molar-refractivity contribution in [2.24, 2.45) is 0 Å². The molecule has 0 saturated carbocycles. The van der Waals surface area contributed by atoms with Crippen LogP contribution < -0.4 is 0 Å². The van der Waals surface area contributed by atoms with Crippen molar-refractivity contribution in [2.45, 2.75) is 43.9 Å². The molecular formula is C21H26N4O3S. The Morgan fingerprint density at radius 2 is 1.93 bits per heavy atom. The van der Waals surface area contributed by atoms with E-state index in [1.807, 2.05) is 31.3 Å². The average Bonchev–Trinajstić information content (AvgIpc) is 3.40. The van der Waals surface area contributed by atoms with Gasteiger partial charge in [-0.15, -0.1) is 0 Å². The Bertz CT molecular complexity index is 1020. The predicted molar refractivity (Wildman–Crippen MR) is 110 cm³/mol. The van der Waals surface area contributed by atoms with Crippen molar-refractivity contribution in [3.05, 3.63) is 72.1 Å². The largest absolute Gasteiger partial charge is 0.372 e. The van der Waals surface area contributed by atoms with E-state index in [0.29, 0.717) is 18.0 Å². The number of piperidine rings is 1. The lowest BCUT2D eigenvalue weighted by molar-refractivity contribution is -0.00534. The minimum absolute atomic E-state index is 0.214. The van der Waals surface area contributed by atoms with E-state index in [0.717, 1.165) is 42.9 Å². The number of aromatic nitrogens is 3. The minimum Gasteiger partial charge on any atom is -0.372 e. The molecule has 0 bridgehead atoms. The van der Waals surface area contributed by atoms with Gasteiger partial charge >= 0.3 is 0 Å². The molecule has 1 N–H and O–H groups in total. The second-order valence-corrected chi connectivity index (χ2v) is 9.28. The molecule has 3 heterocycles. The number of likely N-dealkylation sites (tertiary alicyclic amines) is 1. The number of nitrogens with zero attached hydrogens (tertiary/aromatic N) is 3. The first-order valence-corrected chi connectivity index (χ1v) is 11.3. The number of imidazole rings is 1. The van der Waals surface area contributed by atoms with E-state index in [9.17, 15) is 8.42 Å². The zero-order chi connectivity index (χ0) is 20.3. The van der Waals surface area contributed by atoms with Gasteiger partial charge in [0.2, 0.25) is 0 Å². The maximum absolute atomic E-state index is 13.0. The van der Waals surface area contributed by atoms with E-state index in [1.54, 1.807) is 30.7 Å². The predicted octanol–water partition coefficient (Wildman–Crippen LogP) is 2.94. The molecule has 0 unspecified atom stereocenters. The average molecular weight is 415 g/mol. The van der Waals surface area contributed by atoms with Gasteiger partial charge in [-0.2, -0.15) is 0 Å².